The van der Waals surface area contributed by atoms with Crippen LogP contribution in [0.4, 0.5) is 4.79 Å². The highest BCUT2D eigenvalue weighted by atomic mass is 16.7. The fourth-order valence-corrected chi connectivity index (χ4v) is 1.48. The van der Waals surface area contributed by atoms with Crippen molar-refractivity contribution in [3.63, 3.8) is 0 Å². The lowest BCUT2D eigenvalue weighted by molar-refractivity contribution is 0.0227. The third kappa shape index (κ3) is 1.09. The third-order valence-electron chi connectivity index (χ3n) is 1.93. The van der Waals surface area contributed by atoms with Crippen LogP contribution in [-0.2, 0) is 9.47 Å². The van der Waals surface area contributed by atoms with Gasteiger partial charge in [-0.25, -0.2) is 4.79 Å². The SMILES string of the molecule is O=C(O)OC1CC2C=CC1O2. The van der Waals surface area contributed by atoms with Crippen molar-refractivity contribution in [2.24, 2.45) is 0 Å². The maximum atomic E-state index is 10.1. The van der Waals surface area contributed by atoms with Crippen molar-refractivity contribution in [1.29, 1.82) is 0 Å². The van der Waals surface area contributed by atoms with Crippen LogP contribution in [-0.4, -0.2) is 29.6 Å². The molecule has 0 spiro atoms. The van der Waals surface area contributed by atoms with E-state index in [-0.39, 0.29) is 18.3 Å². The van der Waals surface area contributed by atoms with Gasteiger partial charge in [0.25, 0.3) is 0 Å². The molecular formula is C7H8O4. The Labute approximate surface area is 63.4 Å². The van der Waals surface area contributed by atoms with Gasteiger partial charge in [0.2, 0.25) is 0 Å². The largest absolute Gasteiger partial charge is 0.506 e. The van der Waals surface area contributed by atoms with Crippen LogP contribution < -0.4 is 0 Å². The quantitative estimate of drug-likeness (QED) is 0.450. The molecule has 2 bridgehead atoms. The molecule has 60 valence electrons. The Balaban J connectivity index is 1.98. The van der Waals surface area contributed by atoms with Crippen LogP contribution in [0.5, 0.6) is 0 Å². The number of fused-ring (bicyclic) bond motifs is 2. The molecule has 0 aliphatic carbocycles. The second-order valence-electron chi connectivity index (χ2n) is 2.68. The summed E-state index contributed by atoms with van der Waals surface area (Å²) in [5.41, 5.74) is 0. The normalized spacial score (nSPS) is 39.5. The molecule has 4 nitrogen and oxygen atoms in total. The van der Waals surface area contributed by atoms with E-state index >= 15 is 0 Å². The summed E-state index contributed by atoms with van der Waals surface area (Å²) in [7, 11) is 0. The number of carboxylic acid groups (broad SMARTS) is 1. The first-order valence-corrected chi connectivity index (χ1v) is 3.49. The van der Waals surface area contributed by atoms with Gasteiger partial charge in [-0.05, 0) is 0 Å². The zero-order chi connectivity index (χ0) is 7.84. The van der Waals surface area contributed by atoms with Gasteiger partial charge >= 0.3 is 6.16 Å². The topological polar surface area (TPSA) is 55.8 Å². The highest BCUT2D eigenvalue weighted by molar-refractivity contribution is 5.57. The van der Waals surface area contributed by atoms with Crippen LogP contribution in [0.1, 0.15) is 6.42 Å². The number of hydrogen-bond donors (Lipinski definition) is 1. The van der Waals surface area contributed by atoms with Gasteiger partial charge in [-0.1, -0.05) is 12.2 Å². The summed E-state index contributed by atoms with van der Waals surface area (Å²) in [5.74, 6) is 0. The van der Waals surface area contributed by atoms with E-state index in [1.54, 1.807) is 0 Å². The van der Waals surface area contributed by atoms with Crippen molar-refractivity contribution >= 4 is 6.16 Å². The fourth-order valence-electron chi connectivity index (χ4n) is 1.48. The summed E-state index contributed by atoms with van der Waals surface area (Å²) in [6, 6.07) is 0. The van der Waals surface area contributed by atoms with Crippen LogP contribution in [0.3, 0.4) is 0 Å². The van der Waals surface area contributed by atoms with E-state index in [1.807, 2.05) is 12.2 Å². The zero-order valence-corrected chi connectivity index (χ0v) is 5.77. The minimum Gasteiger partial charge on any atom is -0.450 e. The molecule has 3 atom stereocenters. The lowest BCUT2D eigenvalue weighted by Crippen LogP contribution is -2.25. The monoisotopic (exact) mass is 156 g/mol. The van der Waals surface area contributed by atoms with E-state index in [9.17, 15) is 4.79 Å². The summed E-state index contributed by atoms with van der Waals surface area (Å²) in [5, 5.41) is 8.30. The van der Waals surface area contributed by atoms with Crippen molar-refractivity contribution in [1.82, 2.24) is 0 Å². The molecular weight excluding hydrogens is 148 g/mol. The van der Waals surface area contributed by atoms with Gasteiger partial charge in [-0.15, -0.1) is 0 Å². The van der Waals surface area contributed by atoms with Crippen LogP contribution >= 0.6 is 0 Å². The minimum absolute atomic E-state index is 0.0735. The molecule has 1 fully saturated rings. The number of ether oxygens (including phenoxy) is 2. The van der Waals surface area contributed by atoms with E-state index in [1.165, 1.54) is 0 Å². The first-order valence-electron chi connectivity index (χ1n) is 3.49. The van der Waals surface area contributed by atoms with E-state index in [0.29, 0.717) is 6.42 Å². The first kappa shape index (κ1) is 6.67. The van der Waals surface area contributed by atoms with Crippen molar-refractivity contribution in [3.8, 4) is 0 Å². The van der Waals surface area contributed by atoms with Crippen molar-refractivity contribution < 1.29 is 19.4 Å². The molecule has 11 heavy (non-hydrogen) atoms. The predicted octanol–water partition coefficient (Wildman–Crippen LogP) is 0.777. The van der Waals surface area contributed by atoms with Crippen molar-refractivity contribution in [2.75, 3.05) is 0 Å². The average Bonchev–Trinajstić information content (AvgIpc) is 2.45. The van der Waals surface area contributed by atoms with E-state index in [4.69, 9.17) is 9.84 Å². The Morgan fingerprint density at radius 3 is 2.91 bits per heavy atom. The van der Waals surface area contributed by atoms with Crippen LogP contribution in [0.25, 0.3) is 0 Å². The average molecular weight is 156 g/mol. The molecule has 4 heteroatoms. The second kappa shape index (κ2) is 2.23. The second-order valence-corrected chi connectivity index (χ2v) is 2.68. The number of hydrogen-bond acceptors (Lipinski definition) is 3. The lowest BCUT2D eigenvalue weighted by atomic mass is 10.1. The molecule has 0 aromatic carbocycles. The summed E-state index contributed by atoms with van der Waals surface area (Å²) in [4.78, 5) is 10.1. The summed E-state index contributed by atoms with van der Waals surface area (Å²) >= 11 is 0. The predicted molar refractivity (Wildman–Crippen MR) is 35.3 cm³/mol. The third-order valence-corrected chi connectivity index (χ3v) is 1.93. The Bertz CT molecular complexity index is 210. The molecule has 1 saturated heterocycles. The molecule has 2 aliphatic heterocycles. The molecule has 0 aromatic rings. The Kier molecular flexibility index (Phi) is 1.35. The van der Waals surface area contributed by atoms with Gasteiger partial charge in [0.1, 0.15) is 12.2 Å². The Morgan fingerprint density at radius 1 is 1.64 bits per heavy atom. The van der Waals surface area contributed by atoms with Crippen LogP contribution in [0, 0.1) is 0 Å². The number of rotatable bonds is 1. The highest BCUT2D eigenvalue weighted by Gasteiger charge is 2.39. The van der Waals surface area contributed by atoms with Gasteiger partial charge in [-0.3, -0.25) is 0 Å². The molecule has 0 aromatic heterocycles. The van der Waals surface area contributed by atoms with E-state index in [0.717, 1.165) is 0 Å². The Morgan fingerprint density at radius 2 is 2.45 bits per heavy atom. The fraction of sp³-hybridized carbons (Fsp3) is 0.571. The van der Waals surface area contributed by atoms with E-state index < -0.39 is 6.16 Å². The summed E-state index contributed by atoms with van der Waals surface area (Å²) < 4.78 is 9.87. The maximum absolute atomic E-state index is 10.1. The first-order chi connectivity index (χ1) is 5.25. The van der Waals surface area contributed by atoms with Gasteiger partial charge < -0.3 is 14.6 Å². The standard InChI is InChI=1S/C7H8O4/c8-7(9)11-6-3-4-1-2-5(6)10-4/h1-2,4-6H,3H2,(H,8,9). The number of carbonyl (C=O) groups is 1. The van der Waals surface area contributed by atoms with Crippen molar-refractivity contribution in [2.45, 2.75) is 24.7 Å². The van der Waals surface area contributed by atoms with Crippen molar-refractivity contribution in [3.05, 3.63) is 12.2 Å². The Hall–Kier alpha value is -1.03. The lowest BCUT2D eigenvalue weighted by Gasteiger charge is -2.13. The van der Waals surface area contributed by atoms with Gasteiger partial charge in [-0.2, -0.15) is 0 Å². The molecule has 1 N–H and O–H groups in total. The van der Waals surface area contributed by atoms with E-state index in [2.05, 4.69) is 4.74 Å². The van der Waals surface area contributed by atoms with Gasteiger partial charge in [0.05, 0.1) is 6.10 Å². The molecule has 3 unspecified atom stereocenters. The zero-order valence-electron chi connectivity index (χ0n) is 5.77. The molecule has 2 heterocycles. The smallest absolute Gasteiger partial charge is 0.450 e. The van der Waals surface area contributed by atoms with Gasteiger partial charge in [0, 0.05) is 6.42 Å². The summed E-state index contributed by atoms with van der Waals surface area (Å²) in [6.07, 6.45) is 2.87. The van der Waals surface area contributed by atoms with Crippen LogP contribution in [0.2, 0.25) is 0 Å². The molecule has 2 rings (SSSR count). The van der Waals surface area contributed by atoms with Gasteiger partial charge in [0.15, 0.2) is 0 Å². The maximum Gasteiger partial charge on any atom is 0.506 e. The molecule has 0 radical (unpaired) electrons. The summed E-state index contributed by atoms with van der Waals surface area (Å²) in [6.45, 7) is 0. The minimum atomic E-state index is -1.22. The molecule has 0 amide bonds. The highest BCUT2D eigenvalue weighted by Crippen LogP contribution is 2.30. The van der Waals surface area contributed by atoms with Crippen LogP contribution in [0.15, 0.2) is 12.2 Å². The molecule has 0 saturated carbocycles. The molecule has 2 aliphatic rings.